The normalized spacial score (nSPS) is 27.6. The summed E-state index contributed by atoms with van der Waals surface area (Å²) in [6, 6.07) is 6.61. The number of nitrogens with zero attached hydrogens (tertiary/aromatic N) is 4. The summed E-state index contributed by atoms with van der Waals surface area (Å²) < 4.78 is 13.5. The van der Waals surface area contributed by atoms with Crippen molar-refractivity contribution in [3.63, 3.8) is 0 Å². The lowest BCUT2D eigenvalue weighted by Crippen LogP contribution is -2.54. The summed E-state index contributed by atoms with van der Waals surface area (Å²) in [5.41, 5.74) is -0.679. The third-order valence-electron chi connectivity index (χ3n) is 7.13. The van der Waals surface area contributed by atoms with Crippen molar-refractivity contribution in [1.29, 1.82) is 0 Å². The van der Waals surface area contributed by atoms with Crippen LogP contribution in [0, 0.1) is 5.82 Å². The number of likely N-dealkylation sites (tertiary alicyclic amines) is 1. The molecule has 1 amide bonds. The zero-order valence-electron chi connectivity index (χ0n) is 18.5. The third kappa shape index (κ3) is 5.55. The van der Waals surface area contributed by atoms with Crippen LogP contribution in [0.4, 0.5) is 10.1 Å². The molecule has 1 aromatic rings. The Kier molecular flexibility index (Phi) is 6.53. The Morgan fingerprint density at radius 2 is 1.58 bits per heavy atom. The SMILES string of the molecule is CC(=O)N1CCN(C[C@]2(O)CCN(CC3(O)CCN(c4cccc(F)c4)CC3)C2)CC1. The van der Waals surface area contributed by atoms with E-state index in [4.69, 9.17) is 0 Å². The first-order valence-corrected chi connectivity index (χ1v) is 11.4. The van der Waals surface area contributed by atoms with Gasteiger partial charge in [0.1, 0.15) is 5.82 Å². The van der Waals surface area contributed by atoms with Crippen LogP contribution in [0.2, 0.25) is 0 Å². The monoisotopic (exact) mass is 434 g/mol. The summed E-state index contributed by atoms with van der Waals surface area (Å²) in [5, 5.41) is 22.3. The molecule has 1 aromatic carbocycles. The molecular weight excluding hydrogens is 399 g/mol. The van der Waals surface area contributed by atoms with E-state index >= 15 is 0 Å². The van der Waals surface area contributed by atoms with E-state index in [1.54, 1.807) is 19.1 Å². The Bertz CT molecular complexity index is 778. The maximum atomic E-state index is 13.5. The number of β-amino-alcohol motifs (C(OH)–C–C–N with tert-alkyl or cyclic N) is 2. The molecule has 7 nitrogen and oxygen atoms in total. The number of piperazine rings is 1. The van der Waals surface area contributed by atoms with E-state index < -0.39 is 11.2 Å². The lowest BCUT2D eigenvalue weighted by atomic mass is 9.90. The number of carbonyl (C=O) groups is 1. The largest absolute Gasteiger partial charge is 0.388 e. The molecule has 0 spiro atoms. The molecule has 31 heavy (non-hydrogen) atoms. The fourth-order valence-electron chi connectivity index (χ4n) is 5.27. The zero-order chi connectivity index (χ0) is 22.1. The zero-order valence-corrected chi connectivity index (χ0v) is 18.5. The predicted octanol–water partition coefficient (Wildman–Crippen LogP) is 0.758. The Balaban J connectivity index is 1.25. The van der Waals surface area contributed by atoms with Gasteiger partial charge in [0.2, 0.25) is 5.91 Å². The summed E-state index contributed by atoms with van der Waals surface area (Å²) in [5.74, 6) is -0.125. The second kappa shape index (κ2) is 9.02. The number of hydrogen-bond acceptors (Lipinski definition) is 6. The maximum absolute atomic E-state index is 13.5. The number of halogens is 1. The maximum Gasteiger partial charge on any atom is 0.219 e. The molecular formula is C23H35FN4O3. The van der Waals surface area contributed by atoms with Gasteiger partial charge in [-0.05, 0) is 37.5 Å². The molecule has 2 N–H and O–H groups in total. The highest BCUT2D eigenvalue weighted by Crippen LogP contribution is 2.30. The lowest BCUT2D eigenvalue weighted by molar-refractivity contribution is -0.130. The van der Waals surface area contributed by atoms with Gasteiger partial charge in [-0.15, -0.1) is 0 Å². The average molecular weight is 435 g/mol. The predicted molar refractivity (Wildman–Crippen MR) is 117 cm³/mol. The highest BCUT2D eigenvalue weighted by Gasteiger charge is 2.42. The summed E-state index contributed by atoms with van der Waals surface area (Å²) >= 11 is 0. The van der Waals surface area contributed by atoms with Crippen LogP contribution < -0.4 is 4.90 Å². The fraction of sp³-hybridized carbons (Fsp3) is 0.696. The molecule has 3 aliphatic heterocycles. The number of piperidine rings is 1. The first kappa shape index (κ1) is 22.5. The third-order valence-corrected chi connectivity index (χ3v) is 7.13. The van der Waals surface area contributed by atoms with Crippen LogP contribution >= 0.6 is 0 Å². The molecule has 1 atom stereocenters. The van der Waals surface area contributed by atoms with Crippen molar-refractivity contribution in [1.82, 2.24) is 14.7 Å². The Morgan fingerprint density at radius 1 is 0.935 bits per heavy atom. The summed E-state index contributed by atoms with van der Waals surface area (Å²) in [6.45, 7) is 8.53. The average Bonchev–Trinajstić information content (AvgIpc) is 3.08. The van der Waals surface area contributed by atoms with Gasteiger partial charge in [-0.1, -0.05) is 6.07 Å². The van der Waals surface area contributed by atoms with E-state index in [9.17, 15) is 19.4 Å². The first-order chi connectivity index (χ1) is 14.7. The van der Waals surface area contributed by atoms with Crippen LogP contribution in [0.5, 0.6) is 0 Å². The van der Waals surface area contributed by atoms with E-state index in [0.29, 0.717) is 52.0 Å². The minimum Gasteiger partial charge on any atom is -0.388 e. The van der Waals surface area contributed by atoms with E-state index in [1.807, 2.05) is 11.0 Å². The lowest BCUT2D eigenvalue weighted by Gasteiger charge is -2.41. The topological polar surface area (TPSA) is 70.5 Å². The van der Waals surface area contributed by atoms with Crippen molar-refractivity contribution in [2.45, 2.75) is 37.4 Å². The number of benzene rings is 1. The van der Waals surface area contributed by atoms with Gasteiger partial charge < -0.3 is 20.0 Å². The quantitative estimate of drug-likeness (QED) is 0.713. The summed E-state index contributed by atoms with van der Waals surface area (Å²) in [6.07, 6.45) is 1.96. The summed E-state index contributed by atoms with van der Waals surface area (Å²) in [7, 11) is 0. The molecule has 172 valence electrons. The van der Waals surface area contributed by atoms with Gasteiger partial charge in [-0.25, -0.2) is 4.39 Å². The van der Waals surface area contributed by atoms with Gasteiger partial charge in [0.25, 0.3) is 0 Å². The molecule has 0 radical (unpaired) electrons. The molecule has 0 bridgehead atoms. The standard InChI is InChI=1S/C23H35FN4O3/c1-19(29)27-13-11-25(12-14-27)17-23(31)5-8-26(18-23)16-22(30)6-9-28(10-7-22)21-4-2-3-20(24)15-21/h2-4,15,30-31H,5-14,16-18H2,1H3/t23-/m1/s1. The highest BCUT2D eigenvalue weighted by atomic mass is 19.1. The number of rotatable bonds is 5. The van der Waals surface area contributed by atoms with Crippen molar-refractivity contribution in [2.75, 3.05) is 70.3 Å². The van der Waals surface area contributed by atoms with Gasteiger partial charge in [0.05, 0.1) is 11.2 Å². The number of aliphatic hydroxyl groups is 2. The molecule has 0 aliphatic carbocycles. The molecule has 4 rings (SSSR count). The second-order valence-corrected chi connectivity index (χ2v) is 9.66. The number of hydrogen-bond donors (Lipinski definition) is 2. The molecule has 3 aliphatic rings. The van der Waals surface area contributed by atoms with Crippen LogP contribution in [-0.2, 0) is 4.79 Å². The summed E-state index contributed by atoms with van der Waals surface area (Å²) in [4.78, 5) is 19.9. The van der Waals surface area contributed by atoms with Gasteiger partial charge in [0, 0.05) is 78.1 Å². The Morgan fingerprint density at radius 3 is 2.23 bits per heavy atom. The van der Waals surface area contributed by atoms with Crippen molar-refractivity contribution in [3.8, 4) is 0 Å². The second-order valence-electron chi connectivity index (χ2n) is 9.66. The van der Waals surface area contributed by atoms with E-state index in [0.717, 1.165) is 38.4 Å². The van der Waals surface area contributed by atoms with Crippen molar-refractivity contribution < 1.29 is 19.4 Å². The van der Waals surface area contributed by atoms with Crippen molar-refractivity contribution >= 4 is 11.6 Å². The molecule has 3 saturated heterocycles. The van der Waals surface area contributed by atoms with Crippen LogP contribution in [-0.4, -0.2) is 107 Å². The molecule has 0 saturated carbocycles. The Hall–Kier alpha value is -1.74. The minimum atomic E-state index is -0.776. The number of carbonyl (C=O) groups excluding carboxylic acids is 1. The number of amides is 1. The Labute approximate surface area is 184 Å². The first-order valence-electron chi connectivity index (χ1n) is 11.4. The molecule has 3 fully saturated rings. The molecule has 0 aromatic heterocycles. The van der Waals surface area contributed by atoms with Gasteiger partial charge in [-0.3, -0.25) is 14.6 Å². The van der Waals surface area contributed by atoms with Gasteiger partial charge in [-0.2, -0.15) is 0 Å². The van der Waals surface area contributed by atoms with Crippen LogP contribution in [0.1, 0.15) is 26.2 Å². The van der Waals surface area contributed by atoms with Crippen molar-refractivity contribution in [3.05, 3.63) is 30.1 Å². The highest BCUT2D eigenvalue weighted by molar-refractivity contribution is 5.73. The van der Waals surface area contributed by atoms with Gasteiger partial charge >= 0.3 is 0 Å². The van der Waals surface area contributed by atoms with E-state index in [1.165, 1.54) is 6.07 Å². The minimum absolute atomic E-state index is 0.113. The van der Waals surface area contributed by atoms with E-state index in [-0.39, 0.29) is 11.7 Å². The smallest absolute Gasteiger partial charge is 0.219 e. The van der Waals surface area contributed by atoms with Crippen molar-refractivity contribution in [2.24, 2.45) is 0 Å². The molecule has 0 unspecified atom stereocenters. The van der Waals surface area contributed by atoms with Crippen LogP contribution in [0.15, 0.2) is 24.3 Å². The van der Waals surface area contributed by atoms with Crippen LogP contribution in [0.25, 0.3) is 0 Å². The number of anilines is 1. The molecule has 8 heteroatoms. The molecule has 3 heterocycles. The van der Waals surface area contributed by atoms with E-state index in [2.05, 4.69) is 14.7 Å². The van der Waals surface area contributed by atoms with Crippen LogP contribution in [0.3, 0.4) is 0 Å². The van der Waals surface area contributed by atoms with Gasteiger partial charge in [0.15, 0.2) is 0 Å². The fourth-order valence-corrected chi connectivity index (χ4v) is 5.27.